The highest BCUT2D eigenvalue weighted by atomic mass is 32.2. The van der Waals surface area contributed by atoms with Gasteiger partial charge in [-0.15, -0.1) is 0 Å². The van der Waals surface area contributed by atoms with Crippen LogP contribution in [0.25, 0.3) is 0 Å². The maximum absolute atomic E-state index is 10.4. The monoisotopic (exact) mass is 162 g/mol. The molecule has 0 aliphatic rings. The maximum Gasteiger partial charge on any atom is 0.189 e. The lowest BCUT2D eigenvalue weighted by Crippen LogP contribution is -2.09. The third-order valence-corrected chi connectivity index (χ3v) is 1.86. The first-order valence-electron chi connectivity index (χ1n) is 2.63. The molecule has 1 atom stereocenters. The van der Waals surface area contributed by atoms with E-state index in [1.807, 2.05) is 0 Å². The Morgan fingerprint density at radius 3 is 2.40 bits per heavy atom. The average molecular weight is 162 g/mol. The van der Waals surface area contributed by atoms with Crippen LogP contribution in [0.3, 0.4) is 0 Å². The molecule has 0 heterocycles. The summed E-state index contributed by atoms with van der Waals surface area (Å²) in [5.74, 6) is 0. The quantitative estimate of drug-likeness (QED) is 0.413. The highest BCUT2D eigenvalue weighted by Gasteiger charge is 2.03. The number of hydrogen-bond donors (Lipinski definition) is 3. The van der Waals surface area contributed by atoms with Gasteiger partial charge in [-0.1, -0.05) is 0 Å². The lowest BCUT2D eigenvalue weighted by atomic mass is 10.4. The van der Waals surface area contributed by atoms with Gasteiger partial charge in [0.25, 0.3) is 0 Å². The van der Waals surface area contributed by atoms with E-state index in [0.717, 1.165) is 6.21 Å². The van der Waals surface area contributed by atoms with Crippen molar-refractivity contribution in [2.75, 3.05) is 7.05 Å². The first-order chi connectivity index (χ1) is 4.63. The summed E-state index contributed by atoms with van der Waals surface area (Å²) >= 11 is -2.06. The summed E-state index contributed by atoms with van der Waals surface area (Å²) in [7, 11) is 1.63. The van der Waals surface area contributed by atoms with Gasteiger partial charge in [-0.05, 0) is 6.92 Å². The molecule has 0 saturated carbocycles. The van der Waals surface area contributed by atoms with Gasteiger partial charge in [0.05, 0.1) is 0 Å². The normalized spacial score (nSPS) is 15.5. The zero-order valence-corrected chi connectivity index (χ0v) is 6.66. The van der Waals surface area contributed by atoms with E-state index in [2.05, 4.69) is 5.32 Å². The summed E-state index contributed by atoms with van der Waals surface area (Å²) in [4.78, 5) is 0.0995. The Hall–Kier alpha value is -0.680. The molecule has 5 heteroatoms. The molecule has 0 bridgehead atoms. The van der Waals surface area contributed by atoms with Crippen molar-refractivity contribution in [1.29, 1.82) is 5.41 Å². The van der Waals surface area contributed by atoms with Crippen molar-refractivity contribution < 1.29 is 8.76 Å². The Labute approximate surface area is 62.1 Å². The Balaban J connectivity index is 4.62. The molecule has 0 fully saturated rings. The van der Waals surface area contributed by atoms with Gasteiger partial charge in [-0.2, -0.15) is 0 Å². The maximum atomic E-state index is 10.4. The summed E-state index contributed by atoms with van der Waals surface area (Å²) in [5.41, 5.74) is 0.538. The Morgan fingerprint density at radius 2 is 2.30 bits per heavy atom. The van der Waals surface area contributed by atoms with Crippen LogP contribution in [0.1, 0.15) is 6.92 Å². The van der Waals surface area contributed by atoms with E-state index < -0.39 is 11.1 Å². The van der Waals surface area contributed by atoms with Gasteiger partial charge in [0.1, 0.15) is 4.91 Å². The largest absolute Gasteiger partial charge is 0.391 e. The molecule has 0 aliphatic carbocycles. The molecule has 0 aromatic heterocycles. The van der Waals surface area contributed by atoms with E-state index in [1.54, 1.807) is 14.0 Å². The molecule has 0 aromatic rings. The van der Waals surface area contributed by atoms with Crippen molar-refractivity contribution in [2.45, 2.75) is 6.92 Å². The van der Waals surface area contributed by atoms with Crippen LogP contribution in [0.15, 0.2) is 10.6 Å². The summed E-state index contributed by atoms with van der Waals surface area (Å²) in [6.45, 7) is 1.63. The molecule has 0 aliphatic heterocycles. The van der Waals surface area contributed by atoms with E-state index in [-0.39, 0.29) is 4.91 Å². The predicted molar refractivity (Wildman–Crippen MR) is 41.3 cm³/mol. The Morgan fingerprint density at radius 1 is 1.80 bits per heavy atom. The van der Waals surface area contributed by atoms with Crippen molar-refractivity contribution in [1.82, 2.24) is 5.32 Å². The number of allylic oxidation sites excluding steroid dienone is 2. The summed E-state index contributed by atoms with van der Waals surface area (Å²) in [6, 6.07) is 0. The third kappa shape index (κ3) is 2.28. The van der Waals surface area contributed by atoms with Crippen LogP contribution >= 0.6 is 0 Å². The van der Waals surface area contributed by atoms with Gasteiger partial charge in [-0.3, -0.25) is 0 Å². The summed E-state index contributed by atoms with van der Waals surface area (Å²) in [6.07, 6.45) is 0.863. The van der Waals surface area contributed by atoms with Crippen LogP contribution in [-0.4, -0.2) is 22.0 Å². The highest BCUT2D eigenvalue weighted by molar-refractivity contribution is 7.84. The zero-order chi connectivity index (χ0) is 8.15. The molecular weight excluding hydrogens is 152 g/mol. The van der Waals surface area contributed by atoms with E-state index in [1.165, 1.54) is 0 Å². The topological polar surface area (TPSA) is 73.2 Å². The van der Waals surface area contributed by atoms with Crippen LogP contribution in [0.4, 0.5) is 0 Å². The van der Waals surface area contributed by atoms with Crippen LogP contribution in [0.5, 0.6) is 0 Å². The molecular formula is C5H10N2O2S. The van der Waals surface area contributed by atoms with Crippen molar-refractivity contribution in [2.24, 2.45) is 0 Å². The second kappa shape index (κ2) is 4.19. The van der Waals surface area contributed by atoms with Crippen molar-refractivity contribution >= 4 is 17.3 Å². The minimum Gasteiger partial charge on any atom is -0.391 e. The van der Waals surface area contributed by atoms with Crippen LogP contribution in [0.2, 0.25) is 0 Å². The van der Waals surface area contributed by atoms with Crippen LogP contribution in [-0.2, 0) is 11.1 Å². The predicted octanol–water partition coefficient (Wildman–Crippen LogP) is 0.309. The van der Waals surface area contributed by atoms with Crippen LogP contribution < -0.4 is 5.32 Å². The number of nitrogens with one attached hydrogen (secondary N) is 2. The van der Waals surface area contributed by atoms with Gasteiger partial charge in [0.15, 0.2) is 11.1 Å². The molecule has 4 nitrogen and oxygen atoms in total. The second-order valence-electron chi connectivity index (χ2n) is 1.63. The highest BCUT2D eigenvalue weighted by Crippen LogP contribution is 1.99. The first-order valence-corrected chi connectivity index (χ1v) is 3.74. The van der Waals surface area contributed by atoms with Gasteiger partial charge in [0, 0.05) is 19.0 Å². The molecule has 3 N–H and O–H groups in total. The first kappa shape index (κ1) is 9.32. The lowest BCUT2D eigenvalue weighted by Gasteiger charge is -2.01. The minimum atomic E-state index is -2.06. The summed E-state index contributed by atoms with van der Waals surface area (Å²) < 4.78 is 18.9. The van der Waals surface area contributed by atoms with Gasteiger partial charge in [0.2, 0.25) is 0 Å². The van der Waals surface area contributed by atoms with Gasteiger partial charge < -0.3 is 15.3 Å². The van der Waals surface area contributed by atoms with Crippen LogP contribution in [0, 0.1) is 5.41 Å². The van der Waals surface area contributed by atoms with Crippen molar-refractivity contribution in [3.8, 4) is 0 Å². The number of hydrogen-bond acceptors (Lipinski definition) is 3. The van der Waals surface area contributed by atoms with Crippen molar-refractivity contribution in [3.63, 3.8) is 0 Å². The molecule has 58 valence electrons. The van der Waals surface area contributed by atoms with E-state index in [4.69, 9.17) is 9.96 Å². The molecule has 0 rings (SSSR count). The molecule has 1 unspecified atom stereocenters. The SMILES string of the molecule is CN/C(C)=C(\C=N)S(=O)O. The number of rotatable bonds is 3. The van der Waals surface area contributed by atoms with E-state index in [9.17, 15) is 4.21 Å². The fraction of sp³-hybridized carbons (Fsp3) is 0.400. The Bertz CT molecular complexity index is 188. The van der Waals surface area contributed by atoms with Gasteiger partial charge in [-0.25, -0.2) is 4.21 Å². The smallest absolute Gasteiger partial charge is 0.189 e. The van der Waals surface area contributed by atoms with E-state index in [0.29, 0.717) is 5.70 Å². The second-order valence-corrected chi connectivity index (χ2v) is 2.57. The fourth-order valence-corrected chi connectivity index (χ4v) is 0.878. The molecule has 0 amide bonds. The van der Waals surface area contributed by atoms with Crippen molar-refractivity contribution in [3.05, 3.63) is 10.6 Å². The minimum absolute atomic E-state index is 0.0995. The lowest BCUT2D eigenvalue weighted by molar-refractivity contribution is 0.572. The Kier molecular flexibility index (Phi) is 3.90. The molecule has 0 spiro atoms. The average Bonchev–Trinajstić information content (AvgIpc) is 1.88. The summed E-state index contributed by atoms with van der Waals surface area (Å²) in [5, 5.41) is 9.42. The molecule has 0 radical (unpaired) electrons. The molecule has 0 aromatic carbocycles. The standard InChI is InChI=1S/C5H10N2O2S/c1-4(7-2)5(3-6)10(8)9/h3,6-7H,1-2H3,(H,8,9)/b5-4+,6-3?. The zero-order valence-electron chi connectivity index (χ0n) is 5.84. The van der Waals surface area contributed by atoms with Gasteiger partial charge >= 0.3 is 0 Å². The molecule has 10 heavy (non-hydrogen) atoms. The third-order valence-electron chi connectivity index (χ3n) is 1.06. The van der Waals surface area contributed by atoms with E-state index >= 15 is 0 Å². The molecule has 0 saturated heterocycles. The fourth-order valence-electron chi connectivity index (χ4n) is 0.413.